The summed E-state index contributed by atoms with van der Waals surface area (Å²) >= 11 is 0. The zero-order valence-corrected chi connectivity index (χ0v) is 11.6. The lowest BCUT2D eigenvalue weighted by molar-refractivity contribution is 0.523. The van der Waals surface area contributed by atoms with Gasteiger partial charge in [-0.15, -0.1) is 0 Å². The van der Waals surface area contributed by atoms with Crippen molar-refractivity contribution >= 4 is 16.8 Å². The summed E-state index contributed by atoms with van der Waals surface area (Å²) in [7, 11) is 0. The molecule has 19 heavy (non-hydrogen) atoms. The molecule has 2 unspecified atom stereocenters. The van der Waals surface area contributed by atoms with Crippen LogP contribution in [0, 0.1) is 6.92 Å². The number of nitrogens with zero attached hydrogens (tertiary/aromatic N) is 1. The van der Waals surface area contributed by atoms with E-state index < -0.39 is 0 Å². The third kappa shape index (κ3) is 2.89. The summed E-state index contributed by atoms with van der Waals surface area (Å²) in [4.78, 5) is 4.37. The van der Waals surface area contributed by atoms with Crippen LogP contribution in [0.25, 0.3) is 11.1 Å². The molecule has 2 aromatic rings. The molecule has 1 saturated heterocycles. The summed E-state index contributed by atoms with van der Waals surface area (Å²) in [5.74, 6) is 0.718. The summed E-state index contributed by atoms with van der Waals surface area (Å²) in [5, 5.41) is 7.09. The second-order valence-electron chi connectivity index (χ2n) is 5.49. The Morgan fingerprint density at radius 1 is 1.53 bits per heavy atom. The Hall–Kier alpha value is -1.55. The van der Waals surface area contributed by atoms with Crippen LogP contribution < -0.4 is 10.6 Å². The lowest BCUT2D eigenvalue weighted by atomic mass is 10.1. The molecule has 0 bridgehead atoms. The SMILES string of the molecule is Cc1nc2cc(NC(C)CC3CCCN3)ccc2o1. The summed E-state index contributed by atoms with van der Waals surface area (Å²) in [6.45, 7) is 5.28. The second kappa shape index (κ2) is 5.21. The first-order valence-electron chi connectivity index (χ1n) is 7.08. The van der Waals surface area contributed by atoms with E-state index in [4.69, 9.17) is 4.42 Å². The number of aromatic nitrogens is 1. The van der Waals surface area contributed by atoms with Crippen molar-refractivity contribution in [1.29, 1.82) is 0 Å². The van der Waals surface area contributed by atoms with Crippen LogP contribution in [-0.4, -0.2) is 23.6 Å². The van der Waals surface area contributed by atoms with Gasteiger partial charge in [-0.1, -0.05) is 0 Å². The number of oxazole rings is 1. The van der Waals surface area contributed by atoms with Gasteiger partial charge < -0.3 is 15.1 Å². The first kappa shape index (κ1) is 12.5. The average Bonchev–Trinajstić information content (AvgIpc) is 2.96. The second-order valence-corrected chi connectivity index (χ2v) is 5.49. The Labute approximate surface area is 113 Å². The molecule has 0 radical (unpaired) electrons. The van der Waals surface area contributed by atoms with Gasteiger partial charge in [-0.05, 0) is 50.9 Å². The molecule has 1 aliphatic rings. The summed E-state index contributed by atoms with van der Waals surface area (Å²) in [6, 6.07) is 7.23. The monoisotopic (exact) mass is 259 g/mol. The topological polar surface area (TPSA) is 50.1 Å². The fourth-order valence-corrected chi connectivity index (χ4v) is 2.86. The van der Waals surface area contributed by atoms with Crippen LogP contribution in [0.15, 0.2) is 22.6 Å². The van der Waals surface area contributed by atoms with Gasteiger partial charge in [0.25, 0.3) is 0 Å². The van der Waals surface area contributed by atoms with Gasteiger partial charge >= 0.3 is 0 Å². The zero-order valence-electron chi connectivity index (χ0n) is 11.6. The molecule has 1 aromatic carbocycles. The number of hydrogen-bond donors (Lipinski definition) is 2. The molecule has 2 N–H and O–H groups in total. The van der Waals surface area contributed by atoms with Crippen molar-refractivity contribution in [2.75, 3.05) is 11.9 Å². The van der Waals surface area contributed by atoms with E-state index in [0.29, 0.717) is 12.1 Å². The van der Waals surface area contributed by atoms with E-state index in [0.717, 1.165) is 29.1 Å². The fraction of sp³-hybridized carbons (Fsp3) is 0.533. The van der Waals surface area contributed by atoms with Gasteiger partial charge in [-0.2, -0.15) is 0 Å². The highest BCUT2D eigenvalue weighted by atomic mass is 16.3. The smallest absolute Gasteiger partial charge is 0.192 e. The molecule has 0 amide bonds. The van der Waals surface area contributed by atoms with E-state index in [2.05, 4.69) is 34.7 Å². The number of rotatable bonds is 4. The van der Waals surface area contributed by atoms with Crippen molar-refractivity contribution < 1.29 is 4.42 Å². The van der Waals surface area contributed by atoms with Gasteiger partial charge in [0, 0.05) is 24.7 Å². The van der Waals surface area contributed by atoms with Gasteiger partial charge in [-0.3, -0.25) is 0 Å². The van der Waals surface area contributed by atoms with Crippen LogP contribution in [0.1, 0.15) is 32.1 Å². The Bertz CT molecular complexity index is 558. The third-order valence-corrected chi connectivity index (χ3v) is 3.71. The van der Waals surface area contributed by atoms with Crippen LogP contribution in [0.2, 0.25) is 0 Å². The van der Waals surface area contributed by atoms with Gasteiger partial charge in [0.05, 0.1) is 0 Å². The maximum absolute atomic E-state index is 5.49. The highest BCUT2D eigenvalue weighted by Crippen LogP contribution is 2.21. The van der Waals surface area contributed by atoms with Crippen LogP contribution in [0.3, 0.4) is 0 Å². The predicted molar refractivity (Wildman–Crippen MR) is 77.5 cm³/mol. The van der Waals surface area contributed by atoms with E-state index >= 15 is 0 Å². The largest absolute Gasteiger partial charge is 0.441 e. The number of fused-ring (bicyclic) bond motifs is 1. The van der Waals surface area contributed by atoms with Crippen molar-refractivity contribution in [2.24, 2.45) is 0 Å². The third-order valence-electron chi connectivity index (χ3n) is 3.71. The normalized spacial score (nSPS) is 20.8. The minimum atomic E-state index is 0.459. The van der Waals surface area contributed by atoms with E-state index in [1.807, 2.05) is 13.0 Å². The fourth-order valence-electron chi connectivity index (χ4n) is 2.86. The van der Waals surface area contributed by atoms with E-state index in [1.165, 1.54) is 19.4 Å². The Morgan fingerprint density at radius 3 is 3.21 bits per heavy atom. The van der Waals surface area contributed by atoms with Crippen molar-refractivity contribution in [2.45, 2.75) is 45.2 Å². The number of benzene rings is 1. The van der Waals surface area contributed by atoms with Gasteiger partial charge in [0.2, 0.25) is 0 Å². The van der Waals surface area contributed by atoms with E-state index in [-0.39, 0.29) is 0 Å². The molecule has 4 heteroatoms. The molecular formula is C15H21N3O. The molecule has 3 rings (SSSR count). The lowest BCUT2D eigenvalue weighted by Gasteiger charge is -2.19. The molecule has 0 spiro atoms. The molecule has 1 aliphatic heterocycles. The standard InChI is InChI=1S/C15H21N3O/c1-10(8-12-4-3-7-16-12)17-13-5-6-15-14(9-13)18-11(2)19-15/h5-6,9-10,12,16-17H,3-4,7-8H2,1-2H3. The van der Waals surface area contributed by atoms with Crippen molar-refractivity contribution in [1.82, 2.24) is 10.3 Å². The zero-order chi connectivity index (χ0) is 13.2. The molecule has 0 saturated carbocycles. The van der Waals surface area contributed by atoms with Gasteiger partial charge in [0.15, 0.2) is 11.5 Å². The molecular weight excluding hydrogens is 238 g/mol. The van der Waals surface area contributed by atoms with Crippen molar-refractivity contribution in [3.63, 3.8) is 0 Å². The maximum atomic E-state index is 5.49. The van der Waals surface area contributed by atoms with E-state index in [1.54, 1.807) is 0 Å². The molecule has 1 fully saturated rings. The summed E-state index contributed by atoms with van der Waals surface area (Å²) in [6.07, 6.45) is 3.77. The first-order chi connectivity index (χ1) is 9.20. The number of anilines is 1. The molecule has 4 nitrogen and oxygen atoms in total. The lowest BCUT2D eigenvalue weighted by Crippen LogP contribution is -2.29. The van der Waals surface area contributed by atoms with Crippen molar-refractivity contribution in [3.8, 4) is 0 Å². The molecule has 2 heterocycles. The van der Waals surface area contributed by atoms with Crippen LogP contribution in [-0.2, 0) is 0 Å². The van der Waals surface area contributed by atoms with Gasteiger partial charge in [0.1, 0.15) is 5.52 Å². The molecule has 102 valence electrons. The highest BCUT2D eigenvalue weighted by molar-refractivity contribution is 5.77. The first-order valence-corrected chi connectivity index (χ1v) is 7.08. The molecule has 0 aliphatic carbocycles. The summed E-state index contributed by atoms with van der Waals surface area (Å²) in [5.41, 5.74) is 2.90. The number of aryl methyl sites for hydroxylation is 1. The minimum absolute atomic E-state index is 0.459. The molecule has 2 atom stereocenters. The Morgan fingerprint density at radius 2 is 2.42 bits per heavy atom. The van der Waals surface area contributed by atoms with Crippen LogP contribution in [0.5, 0.6) is 0 Å². The Balaban J connectivity index is 1.66. The van der Waals surface area contributed by atoms with Crippen LogP contribution >= 0.6 is 0 Å². The van der Waals surface area contributed by atoms with Crippen molar-refractivity contribution in [3.05, 3.63) is 24.1 Å². The predicted octanol–water partition coefficient (Wildman–Crippen LogP) is 3.08. The quantitative estimate of drug-likeness (QED) is 0.886. The number of nitrogens with one attached hydrogen (secondary N) is 2. The summed E-state index contributed by atoms with van der Waals surface area (Å²) < 4.78 is 5.49. The van der Waals surface area contributed by atoms with E-state index in [9.17, 15) is 0 Å². The Kier molecular flexibility index (Phi) is 3.42. The number of hydrogen-bond acceptors (Lipinski definition) is 4. The van der Waals surface area contributed by atoms with Gasteiger partial charge in [-0.25, -0.2) is 4.98 Å². The maximum Gasteiger partial charge on any atom is 0.192 e. The minimum Gasteiger partial charge on any atom is -0.441 e. The van der Waals surface area contributed by atoms with Crippen LogP contribution in [0.4, 0.5) is 5.69 Å². The highest BCUT2D eigenvalue weighted by Gasteiger charge is 2.17. The molecule has 1 aromatic heterocycles. The average molecular weight is 259 g/mol.